The lowest BCUT2D eigenvalue weighted by Crippen LogP contribution is -2.33. The summed E-state index contributed by atoms with van der Waals surface area (Å²) in [6, 6.07) is 18.6. The molecule has 11 heteroatoms. The standard InChI is InChI=1S/C25H16I2N2O6S/c26-19-10-16(11-20(27)23(19)35-14-15-4-2-1-3-5-15)12-22-24(31)28(25(32)36-22)13-21(30)17-6-8-18(9-7-17)29(33)34/h1-12H,13-14H2/b22-12+. The first-order valence-corrected chi connectivity index (χ1v) is 13.4. The summed E-state index contributed by atoms with van der Waals surface area (Å²) in [6.07, 6.45) is 1.62. The number of Topliss-reactive ketones (excluding diaryl/α,β-unsaturated/α-hetero) is 1. The molecule has 8 nitrogen and oxygen atoms in total. The Labute approximate surface area is 237 Å². The smallest absolute Gasteiger partial charge is 0.293 e. The van der Waals surface area contributed by atoms with Crippen LogP contribution in [0.25, 0.3) is 6.08 Å². The molecule has 0 atom stereocenters. The predicted molar refractivity (Wildman–Crippen MR) is 153 cm³/mol. The van der Waals surface area contributed by atoms with Crippen LogP contribution >= 0.6 is 56.9 Å². The van der Waals surface area contributed by atoms with E-state index in [1.54, 1.807) is 6.08 Å². The van der Waals surface area contributed by atoms with Gasteiger partial charge < -0.3 is 4.74 Å². The first-order chi connectivity index (χ1) is 17.2. The average Bonchev–Trinajstić information content (AvgIpc) is 3.11. The van der Waals surface area contributed by atoms with Gasteiger partial charge in [0.1, 0.15) is 12.4 Å². The Morgan fingerprint density at radius 3 is 2.28 bits per heavy atom. The Morgan fingerprint density at radius 1 is 1.03 bits per heavy atom. The number of hydrogen-bond donors (Lipinski definition) is 0. The second-order valence-corrected chi connectivity index (χ2v) is 10.9. The maximum atomic E-state index is 12.9. The molecule has 0 aliphatic carbocycles. The van der Waals surface area contributed by atoms with E-state index >= 15 is 0 Å². The summed E-state index contributed by atoms with van der Waals surface area (Å²) in [5, 5.41) is 10.2. The minimum absolute atomic E-state index is 0.151. The largest absolute Gasteiger partial charge is 0.487 e. The number of hydrogen-bond acceptors (Lipinski definition) is 7. The van der Waals surface area contributed by atoms with Gasteiger partial charge in [-0.2, -0.15) is 0 Å². The fourth-order valence-electron chi connectivity index (χ4n) is 3.32. The van der Waals surface area contributed by atoms with Gasteiger partial charge in [-0.1, -0.05) is 30.3 Å². The molecule has 0 aromatic heterocycles. The molecule has 0 bridgehead atoms. The van der Waals surface area contributed by atoms with Gasteiger partial charge >= 0.3 is 0 Å². The highest BCUT2D eigenvalue weighted by atomic mass is 127. The molecule has 4 rings (SSSR count). The van der Waals surface area contributed by atoms with E-state index in [1.807, 2.05) is 42.5 Å². The number of halogens is 2. The van der Waals surface area contributed by atoms with Crippen LogP contribution in [0.4, 0.5) is 10.5 Å². The highest BCUT2D eigenvalue weighted by molar-refractivity contribution is 14.1. The van der Waals surface area contributed by atoms with Crippen molar-refractivity contribution in [2.24, 2.45) is 0 Å². The van der Waals surface area contributed by atoms with E-state index in [0.717, 1.165) is 40.7 Å². The van der Waals surface area contributed by atoms with Gasteiger partial charge in [-0.05, 0) is 98.4 Å². The summed E-state index contributed by atoms with van der Waals surface area (Å²) < 4.78 is 7.71. The molecule has 2 amide bonds. The van der Waals surface area contributed by atoms with E-state index in [9.17, 15) is 24.5 Å². The Balaban J connectivity index is 1.46. The van der Waals surface area contributed by atoms with Crippen molar-refractivity contribution in [3.63, 3.8) is 0 Å². The van der Waals surface area contributed by atoms with Crippen LogP contribution in [0.3, 0.4) is 0 Å². The maximum absolute atomic E-state index is 12.9. The number of amides is 2. The third-order valence-electron chi connectivity index (χ3n) is 5.12. The zero-order valence-electron chi connectivity index (χ0n) is 18.4. The minimum atomic E-state index is -0.570. The topological polar surface area (TPSA) is 107 Å². The molecule has 3 aromatic carbocycles. The number of thioether (sulfide) groups is 1. The fourth-order valence-corrected chi connectivity index (χ4v) is 6.29. The van der Waals surface area contributed by atoms with Crippen LogP contribution in [-0.2, 0) is 11.4 Å². The summed E-state index contributed by atoms with van der Waals surface area (Å²) in [5.41, 5.74) is 1.80. The van der Waals surface area contributed by atoms with Crippen LogP contribution in [-0.4, -0.2) is 33.3 Å². The lowest BCUT2D eigenvalue weighted by atomic mass is 10.1. The van der Waals surface area contributed by atoms with Crippen LogP contribution in [0.1, 0.15) is 21.5 Å². The number of nitrogens with zero attached hydrogens (tertiary/aromatic N) is 2. The zero-order valence-corrected chi connectivity index (χ0v) is 23.5. The van der Waals surface area contributed by atoms with Gasteiger partial charge in [-0.25, -0.2) is 0 Å². The number of carbonyl (C=O) groups is 3. The summed E-state index contributed by atoms with van der Waals surface area (Å²) >= 11 is 5.10. The number of benzene rings is 3. The van der Waals surface area contributed by atoms with Gasteiger partial charge in [0.25, 0.3) is 16.8 Å². The molecule has 3 aromatic rings. The Bertz CT molecular complexity index is 1370. The highest BCUT2D eigenvalue weighted by Gasteiger charge is 2.36. The quantitative estimate of drug-likeness (QED) is 0.0882. The second-order valence-electron chi connectivity index (χ2n) is 7.58. The molecule has 1 aliphatic rings. The highest BCUT2D eigenvalue weighted by Crippen LogP contribution is 2.35. The first kappa shape index (κ1) is 26.3. The van der Waals surface area contributed by atoms with Crippen molar-refractivity contribution in [1.29, 1.82) is 0 Å². The number of nitro groups is 1. The number of carbonyl (C=O) groups excluding carboxylic acids is 3. The molecule has 1 heterocycles. The number of nitro benzene ring substituents is 1. The second kappa shape index (κ2) is 11.5. The molecule has 0 radical (unpaired) electrons. The Morgan fingerprint density at radius 2 is 1.67 bits per heavy atom. The van der Waals surface area contributed by atoms with Gasteiger partial charge in [0.2, 0.25) is 0 Å². The first-order valence-electron chi connectivity index (χ1n) is 10.4. The van der Waals surface area contributed by atoms with E-state index in [2.05, 4.69) is 45.2 Å². The molecule has 1 saturated heterocycles. The van der Waals surface area contributed by atoms with Crippen molar-refractivity contribution in [3.8, 4) is 5.75 Å². The molecule has 0 saturated carbocycles. The molecule has 36 heavy (non-hydrogen) atoms. The molecule has 1 fully saturated rings. The van der Waals surface area contributed by atoms with Crippen molar-refractivity contribution >= 4 is 85.6 Å². The van der Waals surface area contributed by atoms with E-state index in [0.29, 0.717) is 6.61 Å². The van der Waals surface area contributed by atoms with Crippen LogP contribution in [0.5, 0.6) is 5.75 Å². The maximum Gasteiger partial charge on any atom is 0.293 e. The van der Waals surface area contributed by atoms with Crippen molar-refractivity contribution in [2.75, 3.05) is 6.54 Å². The molecular weight excluding hydrogens is 710 g/mol. The summed E-state index contributed by atoms with van der Waals surface area (Å²) in [5.74, 6) is -0.314. The predicted octanol–water partition coefficient (Wildman–Crippen LogP) is 6.30. The number of rotatable bonds is 8. The van der Waals surface area contributed by atoms with E-state index < -0.39 is 28.4 Å². The number of ether oxygens (including phenoxy) is 1. The van der Waals surface area contributed by atoms with Crippen molar-refractivity contribution in [3.05, 3.63) is 106 Å². The fraction of sp³-hybridized carbons (Fsp3) is 0.0800. The van der Waals surface area contributed by atoms with E-state index in [4.69, 9.17) is 4.74 Å². The number of non-ortho nitro benzene ring substituents is 1. The number of ketones is 1. The van der Waals surface area contributed by atoms with Gasteiger partial charge in [0.05, 0.1) is 23.5 Å². The van der Waals surface area contributed by atoms with Crippen LogP contribution < -0.4 is 4.74 Å². The zero-order chi connectivity index (χ0) is 25.8. The van der Waals surface area contributed by atoms with Crippen molar-refractivity contribution in [1.82, 2.24) is 4.90 Å². The Hall–Kier alpha value is -2.78. The third-order valence-corrected chi connectivity index (χ3v) is 7.63. The lowest BCUT2D eigenvalue weighted by Gasteiger charge is -2.12. The summed E-state index contributed by atoms with van der Waals surface area (Å²) in [4.78, 5) is 49.2. The Kier molecular flexibility index (Phi) is 8.41. The normalized spacial score (nSPS) is 14.4. The van der Waals surface area contributed by atoms with Crippen LogP contribution in [0.15, 0.2) is 71.6 Å². The average molecular weight is 726 g/mol. The van der Waals surface area contributed by atoms with Gasteiger partial charge in [0.15, 0.2) is 5.78 Å². The van der Waals surface area contributed by atoms with E-state index in [-0.39, 0.29) is 16.2 Å². The summed E-state index contributed by atoms with van der Waals surface area (Å²) in [6.45, 7) is -0.0188. The molecule has 0 unspecified atom stereocenters. The monoisotopic (exact) mass is 726 g/mol. The van der Waals surface area contributed by atoms with Crippen LogP contribution in [0.2, 0.25) is 0 Å². The summed E-state index contributed by atoms with van der Waals surface area (Å²) in [7, 11) is 0. The SMILES string of the molecule is O=C(CN1C(=O)S/C(=C/c2cc(I)c(OCc3ccccc3)c(I)c2)C1=O)c1ccc([N+](=O)[O-])cc1. The number of imide groups is 1. The molecule has 0 N–H and O–H groups in total. The molecule has 0 spiro atoms. The van der Waals surface area contributed by atoms with Crippen molar-refractivity contribution in [2.45, 2.75) is 6.61 Å². The molecular formula is C25H16I2N2O6S. The van der Waals surface area contributed by atoms with Crippen LogP contribution in [0, 0.1) is 17.3 Å². The lowest BCUT2D eigenvalue weighted by molar-refractivity contribution is -0.384. The van der Waals surface area contributed by atoms with Gasteiger partial charge in [0, 0.05) is 17.7 Å². The molecule has 182 valence electrons. The van der Waals surface area contributed by atoms with Gasteiger partial charge in [-0.15, -0.1) is 0 Å². The third kappa shape index (κ3) is 6.13. The molecule has 1 aliphatic heterocycles. The van der Waals surface area contributed by atoms with E-state index in [1.165, 1.54) is 24.3 Å². The van der Waals surface area contributed by atoms with Gasteiger partial charge in [-0.3, -0.25) is 29.4 Å². The van der Waals surface area contributed by atoms with Crippen molar-refractivity contribution < 1.29 is 24.0 Å². The minimum Gasteiger partial charge on any atom is -0.487 e.